The van der Waals surface area contributed by atoms with E-state index in [1.165, 1.54) is 22.3 Å². The van der Waals surface area contributed by atoms with Gasteiger partial charge in [-0.2, -0.15) is 0 Å². The molecule has 3 aromatic heterocycles. The number of aromatic nitrogens is 2. The second kappa shape index (κ2) is 12.4. The second-order valence-corrected chi connectivity index (χ2v) is 16.1. The van der Waals surface area contributed by atoms with Crippen molar-refractivity contribution in [1.82, 2.24) is 9.97 Å². The van der Waals surface area contributed by atoms with E-state index >= 15 is 0 Å². The largest absolute Gasteiger partial charge is 0.501 e. The molecule has 40 heavy (non-hydrogen) atoms. The van der Waals surface area contributed by atoms with Gasteiger partial charge in [0.1, 0.15) is 5.58 Å². The van der Waals surface area contributed by atoms with Gasteiger partial charge in [-0.3, -0.25) is 0 Å². The summed E-state index contributed by atoms with van der Waals surface area (Å²) in [6.07, 6.45) is 3.27. The molecular formula is C35H34IrN2OSi-2. The monoisotopic (exact) mass is 722 g/mol. The first kappa shape index (κ1) is 25.6. The van der Waals surface area contributed by atoms with Crippen LogP contribution in [0, 0.1) is 19.0 Å². The van der Waals surface area contributed by atoms with Gasteiger partial charge in [0.2, 0.25) is 0 Å². The zero-order chi connectivity index (χ0) is 30.1. The van der Waals surface area contributed by atoms with Gasteiger partial charge in [-0.15, -0.1) is 54.1 Å². The van der Waals surface area contributed by atoms with Crippen molar-refractivity contribution < 1.29 is 28.6 Å². The molecule has 0 saturated carbocycles. The number of fused-ring (bicyclic) bond motifs is 3. The average molecular weight is 722 g/mol. The molecule has 0 unspecified atom stereocenters. The van der Waals surface area contributed by atoms with Crippen LogP contribution in [-0.2, 0) is 20.1 Å². The van der Waals surface area contributed by atoms with Gasteiger partial charge in [0.25, 0.3) is 0 Å². The Hall–Kier alpha value is -3.37. The molecule has 3 nitrogen and oxygen atoms in total. The molecule has 0 aliphatic carbocycles. The fourth-order valence-corrected chi connectivity index (χ4v) is 5.61. The first-order valence-corrected chi connectivity index (χ1v) is 16.7. The SMILES string of the molecule is CC(C)c1ccnc(-c2[c-]ccc3c2oc2ccc([Si](C)(C)C)cc23)c1.[2H]C([2H])([2H])c1ccc(-c2[c-]cccc2)nc1.[Ir]. The minimum absolute atomic E-state index is 0. The molecule has 0 spiro atoms. The third kappa shape index (κ3) is 6.50. The summed E-state index contributed by atoms with van der Waals surface area (Å²) in [5.41, 5.74) is 6.80. The number of nitrogens with zero attached hydrogens (tertiary/aromatic N) is 2. The fraction of sp³-hybridized carbons (Fsp3) is 0.200. The van der Waals surface area contributed by atoms with Crippen LogP contribution in [0.3, 0.4) is 0 Å². The Morgan fingerprint density at radius 1 is 0.850 bits per heavy atom. The molecule has 6 aromatic rings. The molecule has 0 bridgehead atoms. The van der Waals surface area contributed by atoms with Crippen molar-refractivity contribution >= 4 is 35.2 Å². The molecule has 0 aliphatic rings. The molecule has 0 aliphatic heterocycles. The Morgan fingerprint density at radius 3 is 2.38 bits per heavy atom. The number of aryl methyl sites for hydroxylation is 1. The minimum atomic E-state index is -2.09. The molecular weight excluding hydrogens is 685 g/mol. The summed E-state index contributed by atoms with van der Waals surface area (Å²) in [6, 6.07) is 32.1. The molecule has 5 heteroatoms. The van der Waals surface area contributed by atoms with Gasteiger partial charge in [-0.1, -0.05) is 85.5 Å². The first-order valence-electron chi connectivity index (χ1n) is 14.7. The molecule has 0 fully saturated rings. The van der Waals surface area contributed by atoms with Gasteiger partial charge in [0.15, 0.2) is 0 Å². The Balaban J connectivity index is 0.000000215. The summed E-state index contributed by atoms with van der Waals surface area (Å²) >= 11 is 0. The van der Waals surface area contributed by atoms with Crippen LogP contribution in [0.4, 0.5) is 0 Å². The van der Waals surface area contributed by atoms with Crippen LogP contribution < -0.4 is 5.19 Å². The molecule has 205 valence electrons. The van der Waals surface area contributed by atoms with Crippen LogP contribution in [0.1, 0.15) is 35.0 Å². The number of hydrogen-bond acceptors (Lipinski definition) is 3. The maximum atomic E-state index is 7.23. The summed E-state index contributed by atoms with van der Waals surface area (Å²) in [7, 11) is -1.37. The summed E-state index contributed by atoms with van der Waals surface area (Å²) < 4.78 is 28.0. The zero-order valence-electron chi connectivity index (χ0n) is 26.4. The van der Waals surface area contributed by atoms with Crippen LogP contribution in [-0.4, -0.2) is 18.0 Å². The topological polar surface area (TPSA) is 38.9 Å². The first-order chi connectivity index (χ1) is 19.9. The fourth-order valence-electron chi connectivity index (χ4n) is 4.45. The molecule has 0 amide bonds. The van der Waals surface area contributed by atoms with E-state index in [0.717, 1.165) is 39.1 Å². The maximum absolute atomic E-state index is 7.23. The van der Waals surface area contributed by atoms with Crippen LogP contribution in [0.15, 0.2) is 95.7 Å². The number of rotatable bonds is 4. The molecule has 3 heterocycles. The quantitative estimate of drug-likeness (QED) is 0.135. The standard InChI is InChI=1S/C23H24NOSi.C12H10N.Ir/c1-15(2)16-11-12-24-21(13-16)19-8-6-7-18-20-14-17(26(3,4)5)9-10-22(20)25-23(18)19;1-10-7-8-12(13-9-10)11-5-3-2-4-6-11;/h6-7,9-15H,1-5H3;2-5,7-9H,1H3;/q2*-1;/i;1D3;. The van der Waals surface area contributed by atoms with E-state index in [1.54, 1.807) is 18.2 Å². The summed E-state index contributed by atoms with van der Waals surface area (Å²) in [4.78, 5) is 8.71. The van der Waals surface area contributed by atoms with Crippen molar-refractivity contribution in [2.24, 2.45) is 0 Å². The maximum Gasteiger partial charge on any atom is 0.120 e. The van der Waals surface area contributed by atoms with Gasteiger partial charge in [0.05, 0.1) is 13.7 Å². The molecule has 0 N–H and O–H groups in total. The van der Waals surface area contributed by atoms with E-state index in [0.29, 0.717) is 5.92 Å². The van der Waals surface area contributed by atoms with Crippen molar-refractivity contribution in [3.8, 4) is 22.5 Å². The van der Waals surface area contributed by atoms with Gasteiger partial charge >= 0.3 is 0 Å². The van der Waals surface area contributed by atoms with Gasteiger partial charge in [0, 0.05) is 42.0 Å². The summed E-state index contributed by atoms with van der Waals surface area (Å²) in [5, 5.41) is 3.78. The molecule has 1 radical (unpaired) electrons. The summed E-state index contributed by atoms with van der Waals surface area (Å²) in [5.74, 6) is 0.464. The Morgan fingerprint density at radius 2 is 1.70 bits per heavy atom. The number of pyridine rings is 2. The van der Waals surface area contributed by atoms with E-state index in [1.807, 2.05) is 30.5 Å². The van der Waals surface area contributed by atoms with Crippen molar-refractivity contribution in [1.29, 1.82) is 0 Å². The van der Waals surface area contributed by atoms with Crippen LogP contribution in [0.5, 0.6) is 0 Å². The van der Waals surface area contributed by atoms with E-state index in [9.17, 15) is 0 Å². The van der Waals surface area contributed by atoms with E-state index in [-0.39, 0.29) is 25.7 Å². The number of hydrogen-bond donors (Lipinski definition) is 0. The average Bonchev–Trinajstić information content (AvgIpc) is 3.35. The molecule has 0 saturated heterocycles. The number of furan rings is 1. The van der Waals surface area contributed by atoms with E-state index in [4.69, 9.17) is 8.53 Å². The predicted molar refractivity (Wildman–Crippen MR) is 166 cm³/mol. The van der Waals surface area contributed by atoms with Crippen LogP contribution in [0.2, 0.25) is 19.6 Å². The van der Waals surface area contributed by atoms with E-state index < -0.39 is 14.9 Å². The molecule has 0 atom stereocenters. The van der Waals surface area contributed by atoms with Crippen LogP contribution >= 0.6 is 0 Å². The normalized spacial score (nSPS) is 12.7. The third-order valence-corrected chi connectivity index (χ3v) is 8.80. The zero-order valence-corrected chi connectivity index (χ0v) is 26.8. The molecule has 6 rings (SSSR count). The predicted octanol–water partition coefficient (Wildman–Crippen LogP) is 8.97. The Labute approximate surface area is 256 Å². The van der Waals surface area contributed by atoms with Crippen molar-refractivity contribution in [2.45, 2.75) is 46.3 Å². The second-order valence-electron chi connectivity index (χ2n) is 11.0. The summed E-state index contributed by atoms with van der Waals surface area (Å²) in [6.45, 7) is 9.42. The van der Waals surface area contributed by atoms with Crippen molar-refractivity contribution in [2.75, 3.05) is 0 Å². The Bertz CT molecular complexity index is 1830. The van der Waals surface area contributed by atoms with Gasteiger partial charge in [-0.05, 0) is 41.9 Å². The van der Waals surface area contributed by atoms with E-state index in [2.05, 4.69) is 92.0 Å². The number of benzene rings is 3. The van der Waals surface area contributed by atoms with Gasteiger partial charge < -0.3 is 14.4 Å². The van der Waals surface area contributed by atoms with Gasteiger partial charge in [-0.25, -0.2) is 0 Å². The van der Waals surface area contributed by atoms with Crippen molar-refractivity contribution in [3.63, 3.8) is 0 Å². The van der Waals surface area contributed by atoms with Crippen molar-refractivity contribution in [3.05, 3.63) is 115 Å². The third-order valence-electron chi connectivity index (χ3n) is 6.75. The van der Waals surface area contributed by atoms with Crippen LogP contribution in [0.25, 0.3) is 44.5 Å². The smallest absolute Gasteiger partial charge is 0.120 e. The Kier molecular flexibility index (Phi) is 7.95. The minimum Gasteiger partial charge on any atom is -0.501 e. The molecule has 3 aromatic carbocycles.